The Balaban J connectivity index is 4.14. The maximum Gasteiger partial charge on any atom is 0.472 e. The van der Waals surface area contributed by atoms with Gasteiger partial charge in [0, 0.05) is 13.0 Å². The van der Waals surface area contributed by atoms with Gasteiger partial charge in [0.1, 0.15) is 12.2 Å². The van der Waals surface area contributed by atoms with E-state index in [2.05, 4.69) is 26.0 Å². The number of rotatable bonds is 43. The molecule has 0 spiro atoms. The van der Waals surface area contributed by atoms with Crippen molar-refractivity contribution in [3.05, 3.63) is 12.2 Å². The van der Waals surface area contributed by atoms with Crippen LogP contribution in [-0.4, -0.2) is 66.3 Å². The Kier molecular flexibility index (Phi) is 40.2. The molecule has 0 radical (unpaired) electrons. The van der Waals surface area contributed by atoms with E-state index in [0.717, 1.165) is 44.9 Å². The van der Waals surface area contributed by atoms with Gasteiger partial charge in [-0.15, -0.1) is 0 Å². The summed E-state index contributed by atoms with van der Waals surface area (Å²) in [7, 11) is -4.51. The van der Waals surface area contributed by atoms with Crippen molar-refractivity contribution in [2.75, 3.05) is 33.0 Å². The van der Waals surface area contributed by atoms with Gasteiger partial charge in [-0.1, -0.05) is 180 Å². The molecule has 0 amide bonds. The van der Waals surface area contributed by atoms with Crippen molar-refractivity contribution >= 4 is 13.8 Å². The van der Waals surface area contributed by atoms with Gasteiger partial charge in [-0.2, -0.15) is 0 Å². The molecule has 0 aliphatic heterocycles. The second-order valence-corrected chi connectivity index (χ2v) is 16.5. The van der Waals surface area contributed by atoms with Crippen molar-refractivity contribution in [1.82, 2.24) is 0 Å². The molecule has 0 aliphatic rings. The molecule has 3 unspecified atom stereocenters. The van der Waals surface area contributed by atoms with Crippen LogP contribution in [0, 0.1) is 0 Å². The van der Waals surface area contributed by atoms with Crippen LogP contribution in [0.2, 0.25) is 0 Å². The summed E-state index contributed by atoms with van der Waals surface area (Å²) in [6.45, 7) is 3.54. The summed E-state index contributed by atoms with van der Waals surface area (Å²) < 4.78 is 33.4. The van der Waals surface area contributed by atoms with Crippen molar-refractivity contribution in [3.63, 3.8) is 0 Å². The highest BCUT2D eigenvalue weighted by molar-refractivity contribution is 7.47. The molecule has 10 heteroatoms. The third kappa shape index (κ3) is 40.7. The lowest BCUT2D eigenvalue weighted by molar-refractivity contribution is -0.154. The Hall–Kier alpha value is -0.800. The predicted molar refractivity (Wildman–Crippen MR) is 219 cm³/mol. The van der Waals surface area contributed by atoms with E-state index in [1.807, 2.05) is 0 Å². The van der Waals surface area contributed by atoms with E-state index in [1.54, 1.807) is 0 Å². The van der Waals surface area contributed by atoms with E-state index in [1.165, 1.54) is 148 Å². The van der Waals surface area contributed by atoms with Crippen LogP contribution in [0.3, 0.4) is 0 Å². The minimum atomic E-state index is -4.51. The second kappa shape index (κ2) is 40.9. The van der Waals surface area contributed by atoms with Crippen LogP contribution in [0.4, 0.5) is 0 Å². The summed E-state index contributed by atoms with van der Waals surface area (Å²) in [6.07, 6.45) is 40.2. The number of carbonyl (C=O) groups is 1. The molecule has 3 N–H and O–H groups in total. The average molecular weight is 777 g/mol. The molecule has 0 aliphatic carbocycles. The zero-order valence-electron chi connectivity index (χ0n) is 34.5. The fourth-order valence-electron chi connectivity index (χ4n) is 6.29. The smallest absolute Gasteiger partial charge is 0.457 e. The number of hydrogen-bond donors (Lipinski definition) is 3. The topological polar surface area (TPSA) is 132 Å². The van der Waals surface area contributed by atoms with Gasteiger partial charge in [0.05, 0.1) is 26.4 Å². The lowest BCUT2D eigenvalue weighted by Crippen LogP contribution is -2.29. The summed E-state index contributed by atoms with van der Waals surface area (Å²) in [6, 6.07) is 0. The number of esters is 1. The van der Waals surface area contributed by atoms with Crippen molar-refractivity contribution < 1.29 is 43.0 Å². The van der Waals surface area contributed by atoms with Gasteiger partial charge in [-0.05, 0) is 38.5 Å². The maximum absolute atomic E-state index is 12.6. The van der Waals surface area contributed by atoms with Gasteiger partial charge in [-0.3, -0.25) is 13.8 Å². The van der Waals surface area contributed by atoms with Crippen LogP contribution < -0.4 is 0 Å². The van der Waals surface area contributed by atoms with E-state index >= 15 is 0 Å². The molecule has 9 nitrogen and oxygen atoms in total. The molecule has 3 atom stereocenters. The fourth-order valence-corrected chi connectivity index (χ4v) is 7.08. The Bertz CT molecular complexity index is 841. The number of phosphoric ester groups is 1. The Morgan fingerprint density at radius 1 is 0.566 bits per heavy atom. The lowest BCUT2D eigenvalue weighted by atomic mass is 10.0. The van der Waals surface area contributed by atoms with E-state index in [4.69, 9.17) is 23.6 Å². The monoisotopic (exact) mass is 777 g/mol. The van der Waals surface area contributed by atoms with E-state index in [9.17, 15) is 19.4 Å². The lowest BCUT2D eigenvalue weighted by Gasteiger charge is -2.20. The molecule has 53 heavy (non-hydrogen) atoms. The third-order valence-electron chi connectivity index (χ3n) is 9.70. The summed E-state index contributed by atoms with van der Waals surface area (Å²) in [4.78, 5) is 22.6. The normalized spacial score (nSPS) is 14.1. The molecule has 316 valence electrons. The zero-order chi connectivity index (χ0) is 38.9. The van der Waals surface area contributed by atoms with Crippen molar-refractivity contribution in [1.29, 1.82) is 0 Å². The first-order valence-corrected chi connectivity index (χ1v) is 23.7. The molecule has 0 rings (SSSR count). The fraction of sp³-hybridized carbons (Fsp3) is 0.930. The molecular formula is C43H85O9P. The van der Waals surface area contributed by atoms with Gasteiger partial charge in [-0.25, -0.2) is 4.57 Å². The summed E-state index contributed by atoms with van der Waals surface area (Å²) in [5.74, 6) is -0.381. The molecule has 0 fully saturated rings. The first-order chi connectivity index (χ1) is 25.8. The quantitative estimate of drug-likeness (QED) is 0.0240. The Morgan fingerprint density at radius 2 is 0.962 bits per heavy atom. The van der Waals surface area contributed by atoms with Crippen molar-refractivity contribution in [2.45, 2.75) is 225 Å². The first kappa shape index (κ1) is 52.2. The highest BCUT2D eigenvalue weighted by Gasteiger charge is 2.26. The number of phosphoric acid groups is 1. The SMILES string of the molecule is CCCCCCCCC/C=C\CCCCCCCCOCC(COP(=O)(O)OCC(O)CO)OC(=O)CCCCCCCCCCCCCCCCC. The number of aliphatic hydroxyl groups excluding tert-OH is 2. The second-order valence-electron chi connectivity index (χ2n) is 15.1. The number of carbonyl (C=O) groups excluding carboxylic acids is 1. The number of allylic oxidation sites excluding steroid dienone is 2. The van der Waals surface area contributed by atoms with E-state index < -0.39 is 33.2 Å². The molecule has 0 aromatic heterocycles. The maximum atomic E-state index is 12.6. The standard InChI is InChI=1S/C43H85O9P/c1-3-5-7-9-11-13-15-17-19-20-22-24-26-28-30-32-34-36-49-39-42(40-51-53(47,48)50-38-41(45)37-44)52-43(46)35-33-31-29-27-25-23-21-18-16-14-12-10-8-6-4-2/h19-20,41-42,44-45H,3-18,21-40H2,1-2H3,(H,47,48)/b20-19-. The number of ether oxygens (including phenoxy) is 2. The average Bonchev–Trinajstić information content (AvgIpc) is 3.15. The van der Waals surface area contributed by atoms with Gasteiger partial charge in [0.15, 0.2) is 0 Å². The molecule has 0 aromatic rings. The molecule has 0 bridgehead atoms. The Labute approximate surface area is 326 Å². The number of aliphatic hydroxyl groups is 2. The summed E-state index contributed by atoms with van der Waals surface area (Å²) in [5.41, 5.74) is 0. The minimum Gasteiger partial charge on any atom is -0.457 e. The van der Waals surface area contributed by atoms with Gasteiger partial charge in [0.2, 0.25) is 0 Å². The van der Waals surface area contributed by atoms with Gasteiger partial charge < -0.3 is 24.6 Å². The number of hydrogen-bond acceptors (Lipinski definition) is 8. The molecule has 0 aromatic carbocycles. The van der Waals surface area contributed by atoms with Crippen LogP contribution in [-0.2, 0) is 27.9 Å². The highest BCUT2D eigenvalue weighted by Crippen LogP contribution is 2.43. The van der Waals surface area contributed by atoms with Crippen LogP contribution in [0.15, 0.2) is 12.2 Å². The zero-order valence-corrected chi connectivity index (χ0v) is 35.4. The van der Waals surface area contributed by atoms with Crippen LogP contribution in [0.5, 0.6) is 0 Å². The molecule has 0 heterocycles. The molecule has 0 saturated carbocycles. The van der Waals surface area contributed by atoms with Crippen molar-refractivity contribution in [2.24, 2.45) is 0 Å². The van der Waals surface area contributed by atoms with Crippen LogP contribution in [0.25, 0.3) is 0 Å². The molecular weight excluding hydrogens is 691 g/mol. The van der Waals surface area contributed by atoms with Gasteiger partial charge >= 0.3 is 13.8 Å². The predicted octanol–water partition coefficient (Wildman–Crippen LogP) is 12.1. The van der Waals surface area contributed by atoms with E-state index in [0.29, 0.717) is 6.61 Å². The first-order valence-electron chi connectivity index (χ1n) is 22.2. The van der Waals surface area contributed by atoms with Crippen LogP contribution in [0.1, 0.15) is 213 Å². The number of unbranched alkanes of at least 4 members (excludes halogenated alkanes) is 27. The van der Waals surface area contributed by atoms with Gasteiger partial charge in [0.25, 0.3) is 0 Å². The summed E-state index contributed by atoms with van der Waals surface area (Å²) >= 11 is 0. The Morgan fingerprint density at radius 3 is 1.42 bits per heavy atom. The minimum absolute atomic E-state index is 0.0506. The van der Waals surface area contributed by atoms with Crippen molar-refractivity contribution in [3.8, 4) is 0 Å². The highest BCUT2D eigenvalue weighted by atomic mass is 31.2. The largest absolute Gasteiger partial charge is 0.472 e. The van der Waals surface area contributed by atoms with Crippen LogP contribution >= 0.6 is 7.82 Å². The third-order valence-corrected chi connectivity index (χ3v) is 10.7. The van der Waals surface area contributed by atoms with E-state index in [-0.39, 0.29) is 25.6 Å². The summed E-state index contributed by atoms with van der Waals surface area (Å²) in [5, 5.41) is 18.3. The molecule has 0 saturated heterocycles.